The molecule has 0 radical (unpaired) electrons. The highest BCUT2D eigenvalue weighted by molar-refractivity contribution is 7.86. The third-order valence-electron chi connectivity index (χ3n) is 6.23. The largest absolute Gasteiger partial charge is 0.487 e. The summed E-state index contributed by atoms with van der Waals surface area (Å²) in [5, 5.41) is 6.62. The van der Waals surface area contributed by atoms with Gasteiger partial charge in [0.05, 0.1) is 16.2 Å². The maximum absolute atomic E-state index is 13.7. The first kappa shape index (κ1) is 27.2. The lowest BCUT2D eigenvalue weighted by molar-refractivity contribution is -0.137. The maximum Gasteiger partial charge on any atom is 0.416 e. The number of nitrogens with one attached hydrogen (secondary N) is 1. The number of alkyl halides is 3. The Kier molecular flexibility index (Phi) is 7.19. The Morgan fingerprint density at radius 2 is 1.97 bits per heavy atom. The lowest BCUT2D eigenvalue weighted by Gasteiger charge is -2.38. The lowest BCUT2D eigenvalue weighted by Crippen LogP contribution is -2.36. The van der Waals surface area contributed by atoms with Crippen LogP contribution in [0.1, 0.15) is 57.4 Å². The highest BCUT2D eigenvalue weighted by atomic mass is 32.2. The van der Waals surface area contributed by atoms with Gasteiger partial charge in [0.1, 0.15) is 23.2 Å². The number of hydrogen-bond acceptors (Lipinski definition) is 6. The normalized spacial score (nSPS) is 17.4. The average Bonchev–Trinajstić information content (AvgIpc) is 3.55. The van der Waals surface area contributed by atoms with Crippen molar-refractivity contribution in [3.8, 4) is 22.8 Å². The molecule has 5 rings (SSSR count). The van der Waals surface area contributed by atoms with Gasteiger partial charge in [-0.1, -0.05) is 6.07 Å². The summed E-state index contributed by atoms with van der Waals surface area (Å²) in [4.78, 5) is 4.60. The fraction of sp³-hybridized carbons (Fsp3) is 0.333. The van der Waals surface area contributed by atoms with E-state index in [4.69, 9.17) is 9.47 Å². The number of nitrogens with zero attached hydrogens (tertiary/aromatic N) is 3. The Hall–Kier alpha value is -3.38. The third kappa shape index (κ3) is 5.81. The van der Waals surface area contributed by atoms with Gasteiger partial charge in [-0.2, -0.15) is 18.3 Å². The first-order chi connectivity index (χ1) is 18.4. The standard InChI is InChI=1S/C27H27F3N4O3S2/c1-16(2)34-21(9-10-32-34)20-13-17(27(28,29)30)5-8-22(20)36-24-15-26(3,4)37-23-14-18(6-7-19(23)24)39(35)33-25-31-11-12-38-25/h5-14,16,24H,15H2,1-4H3,(H,31,33). The van der Waals surface area contributed by atoms with Gasteiger partial charge in [0.25, 0.3) is 0 Å². The summed E-state index contributed by atoms with van der Waals surface area (Å²) in [6.45, 7) is 7.63. The molecule has 3 heterocycles. The number of fused-ring (bicyclic) bond motifs is 1. The van der Waals surface area contributed by atoms with E-state index >= 15 is 0 Å². The summed E-state index contributed by atoms with van der Waals surface area (Å²) in [7, 11) is -1.57. The minimum Gasteiger partial charge on any atom is -0.487 e. The summed E-state index contributed by atoms with van der Waals surface area (Å²) in [5.74, 6) is 0.806. The molecule has 4 aromatic rings. The number of ether oxygens (including phenoxy) is 2. The van der Waals surface area contributed by atoms with E-state index in [2.05, 4.69) is 14.8 Å². The summed E-state index contributed by atoms with van der Waals surface area (Å²) >= 11 is 1.34. The van der Waals surface area contributed by atoms with Crippen molar-refractivity contribution < 1.29 is 26.9 Å². The van der Waals surface area contributed by atoms with Crippen molar-refractivity contribution in [2.75, 3.05) is 4.72 Å². The summed E-state index contributed by atoms with van der Waals surface area (Å²) < 4.78 is 71.1. The van der Waals surface area contributed by atoms with E-state index in [0.29, 0.717) is 44.8 Å². The summed E-state index contributed by atoms with van der Waals surface area (Å²) in [6, 6.07) is 10.3. The molecule has 206 valence electrons. The van der Waals surface area contributed by atoms with Crippen molar-refractivity contribution in [3.05, 3.63) is 71.4 Å². The fourth-order valence-electron chi connectivity index (χ4n) is 4.50. The van der Waals surface area contributed by atoms with Gasteiger partial charge >= 0.3 is 6.18 Å². The number of rotatable bonds is 7. The smallest absolute Gasteiger partial charge is 0.416 e. The highest BCUT2D eigenvalue weighted by Gasteiger charge is 2.37. The van der Waals surface area contributed by atoms with E-state index in [9.17, 15) is 17.4 Å². The fourth-order valence-corrected chi connectivity index (χ4v) is 6.03. The molecule has 1 N–H and O–H groups in total. The molecule has 0 amide bonds. The van der Waals surface area contributed by atoms with Crippen LogP contribution in [0.3, 0.4) is 0 Å². The molecule has 0 bridgehead atoms. The van der Waals surface area contributed by atoms with Crippen LogP contribution in [0.5, 0.6) is 11.5 Å². The van der Waals surface area contributed by atoms with Gasteiger partial charge in [-0.15, -0.1) is 11.3 Å². The average molecular weight is 577 g/mol. The first-order valence-electron chi connectivity index (χ1n) is 12.2. The van der Waals surface area contributed by atoms with Crippen molar-refractivity contribution in [1.82, 2.24) is 14.8 Å². The van der Waals surface area contributed by atoms with Crippen molar-refractivity contribution in [2.24, 2.45) is 0 Å². The van der Waals surface area contributed by atoms with Crippen molar-refractivity contribution in [2.45, 2.75) is 62.9 Å². The Morgan fingerprint density at radius 1 is 1.18 bits per heavy atom. The van der Waals surface area contributed by atoms with Crippen LogP contribution in [-0.4, -0.2) is 24.6 Å². The second kappa shape index (κ2) is 10.3. The Balaban J connectivity index is 1.52. The van der Waals surface area contributed by atoms with E-state index in [1.807, 2.05) is 27.7 Å². The van der Waals surface area contributed by atoms with Gasteiger partial charge in [-0.25, -0.2) is 9.19 Å². The molecular weight excluding hydrogens is 549 g/mol. The molecule has 0 saturated heterocycles. The molecular formula is C27H27F3N4O3S2. The zero-order valence-electron chi connectivity index (χ0n) is 21.7. The predicted molar refractivity (Wildman–Crippen MR) is 144 cm³/mol. The van der Waals surface area contributed by atoms with E-state index in [1.165, 1.54) is 17.4 Å². The monoisotopic (exact) mass is 576 g/mol. The second-order valence-corrected chi connectivity index (χ2v) is 12.2. The third-order valence-corrected chi connectivity index (χ3v) is 8.11. The molecule has 2 aromatic heterocycles. The van der Waals surface area contributed by atoms with Gasteiger partial charge in [-0.3, -0.25) is 9.40 Å². The van der Waals surface area contributed by atoms with Gasteiger partial charge in [0.15, 0.2) is 16.1 Å². The summed E-state index contributed by atoms with van der Waals surface area (Å²) in [6.07, 6.45) is -1.41. The Bertz CT molecular complexity index is 1500. The SMILES string of the molecule is CC(C)n1nccc1-c1cc(C(F)(F)F)ccc1OC1CC(C)(C)Oc2cc(S(=O)Nc3nccs3)ccc21. The Labute approximate surface area is 230 Å². The van der Waals surface area contributed by atoms with Crippen molar-refractivity contribution in [1.29, 1.82) is 0 Å². The molecule has 12 heteroatoms. The number of benzene rings is 2. The van der Waals surface area contributed by atoms with Crippen LogP contribution in [0.2, 0.25) is 0 Å². The second-order valence-electron chi connectivity index (χ2n) is 10.0. The van der Waals surface area contributed by atoms with Crippen LogP contribution >= 0.6 is 11.3 Å². The van der Waals surface area contributed by atoms with E-state index < -0.39 is 34.4 Å². The molecule has 1 aliphatic rings. The molecule has 2 aromatic carbocycles. The predicted octanol–water partition coefficient (Wildman–Crippen LogP) is 7.42. The van der Waals surface area contributed by atoms with Gasteiger partial charge < -0.3 is 9.47 Å². The van der Waals surface area contributed by atoms with Crippen molar-refractivity contribution in [3.63, 3.8) is 0 Å². The highest BCUT2D eigenvalue weighted by Crippen LogP contribution is 2.45. The van der Waals surface area contributed by atoms with Crippen LogP contribution in [0, 0.1) is 0 Å². The lowest BCUT2D eigenvalue weighted by atomic mass is 9.91. The van der Waals surface area contributed by atoms with Gasteiger partial charge in [0.2, 0.25) is 0 Å². The maximum atomic E-state index is 13.7. The van der Waals surface area contributed by atoms with E-state index in [-0.39, 0.29) is 6.04 Å². The van der Waals surface area contributed by atoms with Gasteiger partial charge in [0, 0.05) is 41.4 Å². The molecule has 2 unspecified atom stereocenters. The molecule has 0 aliphatic carbocycles. The molecule has 0 fully saturated rings. The minimum absolute atomic E-state index is 0.0718. The first-order valence-corrected chi connectivity index (χ1v) is 14.3. The number of halogens is 3. The van der Waals surface area contributed by atoms with Crippen LogP contribution < -0.4 is 14.2 Å². The minimum atomic E-state index is -4.51. The van der Waals surface area contributed by atoms with Crippen molar-refractivity contribution >= 4 is 27.5 Å². The van der Waals surface area contributed by atoms with Crippen LogP contribution in [0.15, 0.2) is 65.1 Å². The van der Waals surface area contributed by atoms with Crippen LogP contribution in [0.4, 0.5) is 18.3 Å². The number of thiazole rings is 1. The number of anilines is 1. The van der Waals surface area contributed by atoms with Gasteiger partial charge in [-0.05, 0) is 64.1 Å². The summed E-state index contributed by atoms with van der Waals surface area (Å²) in [5.41, 5.74) is 0.122. The molecule has 1 aliphatic heterocycles. The Morgan fingerprint density at radius 3 is 2.67 bits per heavy atom. The molecule has 0 saturated carbocycles. The topological polar surface area (TPSA) is 78.3 Å². The van der Waals surface area contributed by atoms with Crippen LogP contribution in [-0.2, 0) is 17.2 Å². The van der Waals surface area contributed by atoms with Crippen LogP contribution in [0.25, 0.3) is 11.3 Å². The molecule has 0 spiro atoms. The number of hydrogen-bond donors (Lipinski definition) is 1. The molecule has 2 atom stereocenters. The number of aromatic nitrogens is 3. The van der Waals surface area contributed by atoms with E-state index in [0.717, 1.165) is 12.1 Å². The quantitative estimate of drug-likeness (QED) is 0.248. The van der Waals surface area contributed by atoms with E-state index in [1.54, 1.807) is 46.7 Å². The molecule has 39 heavy (non-hydrogen) atoms. The zero-order chi connectivity index (χ0) is 27.9. The zero-order valence-corrected chi connectivity index (χ0v) is 23.3. The molecule has 7 nitrogen and oxygen atoms in total.